The van der Waals surface area contributed by atoms with Crippen LogP contribution in [-0.2, 0) is 22.7 Å². The van der Waals surface area contributed by atoms with Gasteiger partial charge >= 0.3 is 0 Å². The summed E-state index contributed by atoms with van der Waals surface area (Å²) in [7, 11) is 0. The third-order valence-corrected chi connectivity index (χ3v) is 6.02. The number of carbonyl (C=O) groups is 2. The maximum absolute atomic E-state index is 12.9. The molecule has 6 heteroatoms. The van der Waals surface area contributed by atoms with Gasteiger partial charge in [0.15, 0.2) is 0 Å². The average molecular weight is 429 g/mol. The quantitative estimate of drug-likeness (QED) is 0.642. The maximum Gasteiger partial charge on any atom is 0.223 e. The fourth-order valence-electron chi connectivity index (χ4n) is 4.25. The average Bonchev–Trinajstić information content (AvgIpc) is 3.05. The molecule has 0 aliphatic carbocycles. The summed E-state index contributed by atoms with van der Waals surface area (Å²) in [5.41, 5.74) is 6.20. The molecule has 164 valence electrons. The third kappa shape index (κ3) is 4.49. The number of hydrogen-bond donors (Lipinski definition) is 1. The van der Waals surface area contributed by atoms with Crippen LogP contribution in [0.25, 0.3) is 6.08 Å². The Balaban J connectivity index is 1.45. The van der Waals surface area contributed by atoms with E-state index in [4.69, 9.17) is 0 Å². The van der Waals surface area contributed by atoms with E-state index in [0.29, 0.717) is 13.1 Å². The lowest BCUT2D eigenvalue weighted by atomic mass is 9.93. The van der Waals surface area contributed by atoms with Gasteiger partial charge in [-0.05, 0) is 36.6 Å². The van der Waals surface area contributed by atoms with Crippen LogP contribution in [0.5, 0.6) is 0 Å². The van der Waals surface area contributed by atoms with Crippen LogP contribution in [0.4, 0.5) is 0 Å². The summed E-state index contributed by atoms with van der Waals surface area (Å²) < 4.78 is 1.98. The Morgan fingerprint density at radius 3 is 2.50 bits per heavy atom. The summed E-state index contributed by atoms with van der Waals surface area (Å²) in [6.45, 7) is 6.63. The minimum absolute atomic E-state index is 0.0811. The van der Waals surface area contributed by atoms with Gasteiger partial charge in [-0.1, -0.05) is 54.6 Å². The van der Waals surface area contributed by atoms with Crippen molar-refractivity contribution in [2.45, 2.75) is 46.3 Å². The predicted octanol–water partition coefficient (Wildman–Crippen LogP) is 4.13. The van der Waals surface area contributed by atoms with Crippen molar-refractivity contribution < 1.29 is 9.59 Å². The van der Waals surface area contributed by atoms with E-state index in [1.807, 2.05) is 67.1 Å². The van der Waals surface area contributed by atoms with Gasteiger partial charge in [-0.15, -0.1) is 0 Å². The summed E-state index contributed by atoms with van der Waals surface area (Å²) in [5.74, 6) is -0.177. The molecule has 32 heavy (non-hydrogen) atoms. The Morgan fingerprint density at radius 2 is 1.75 bits per heavy atom. The number of nitrogens with zero attached hydrogens (tertiary/aromatic N) is 3. The standard InChI is InChI=1S/C26H28N4O2/c1-18-24(19(2)30(28-18)17-21-9-5-4-6-10-21)16-27-26(32)15-25-23-12-8-7-11-22(23)13-14-29(25)20(3)31/h4-14,25H,15-17H2,1-3H3,(H,27,32)/t25-/m0/s1. The minimum atomic E-state index is -0.309. The highest BCUT2D eigenvalue weighted by Crippen LogP contribution is 2.32. The Hall–Kier alpha value is -3.67. The molecule has 0 saturated carbocycles. The molecule has 3 aromatic rings. The fourth-order valence-corrected chi connectivity index (χ4v) is 4.25. The van der Waals surface area contributed by atoms with Crippen molar-refractivity contribution in [2.24, 2.45) is 0 Å². The number of carbonyl (C=O) groups excluding carboxylic acids is 2. The van der Waals surface area contributed by atoms with Crippen LogP contribution in [0.2, 0.25) is 0 Å². The Bertz CT molecular complexity index is 1160. The van der Waals surface area contributed by atoms with Gasteiger partial charge in [0.25, 0.3) is 0 Å². The lowest BCUT2D eigenvalue weighted by Crippen LogP contribution is -2.35. The van der Waals surface area contributed by atoms with E-state index in [9.17, 15) is 9.59 Å². The molecule has 2 aromatic carbocycles. The first-order valence-corrected chi connectivity index (χ1v) is 10.8. The van der Waals surface area contributed by atoms with Crippen LogP contribution in [0.15, 0.2) is 60.8 Å². The number of amides is 2. The first-order chi connectivity index (χ1) is 15.4. The first kappa shape index (κ1) is 21.6. The molecule has 0 radical (unpaired) electrons. The second kappa shape index (κ2) is 9.22. The molecule has 0 unspecified atom stereocenters. The van der Waals surface area contributed by atoms with Crippen LogP contribution in [0, 0.1) is 13.8 Å². The molecule has 6 nitrogen and oxygen atoms in total. The smallest absolute Gasteiger partial charge is 0.223 e. The predicted molar refractivity (Wildman–Crippen MR) is 124 cm³/mol. The molecule has 0 bridgehead atoms. The van der Waals surface area contributed by atoms with Crippen molar-refractivity contribution in [1.29, 1.82) is 0 Å². The molecule has 1 N–H and O–H groups in total. The number of aromatic nitrogens is 2. The summed E-state index contributed by atoms with van der Waals surface area (Å²) in [6.07, 6.45) is 3.89. The topological polar surface area (TPSA) is 67.2 Å². The molecular formula is C26H28N4O2. The lowest BCUT2D eigenvalue weighted by molar-refractivity contribution is -0.130. The van der Waals surface area contributed by atoms with Crippen molar-refractivity contribution in [3.05, 3.63) is 94.4 Å². The molecule has 1 aromatic heterocycles. The zero-order valence-electron chi connectivity index (χ0n) is 18.7. The van der Waals surface area contributed by atoms with Crippen LogP contribution in [0.3, 0.4) is 0 Å². The molecular weight excluding hydrogens is 400 g/mol. The zero-order valence-corrected chi connectivity index (χ0v) is 18.7. The second-order valence-electron chi connectivity index (χ2n) is 8.16. The Labute approximate surface area is 188 Å². The van der Waals surface area contributed by atoms with Crippen molar-refractivity contribution in [3.63, 3.8) is 0 Å². The van der Waals surface area contributed by atoms with Crippen LogP contribution in [-0.4, -0.2) is 26.5 Å². The van der Waals surface area contributed by atoms with E-state index in [1.54, 1.807) is 11.1 Å². The molecule has 1 aliphatic rings. The molecule has 0 spiro atoms. The molecule has 0 saturated heterocycles. The Kier molecular flexibility index (Phi) is 6.21. The van der Waals surface area contributed by atoms with Crippen molar-refractivity contribution >= 4 is 17.9 Å². The van der Waals surface area contributed by atoms with Crippen LogP contribution >= 0.6 is 0 Å². The van der Waals surface area contributed by atoms with Crippen molar-refractivity contribution in [1.82, 2.24) is 20.0 Å². The molecule has 2 amide bonds. The number of benzene rings is 2. The van der Waals surface area contributed by atoms with E-state index >= 15 is 0 Å². The summed E-state index contributed by atoms with van der Waals surface area (Å²) in [4.78, 5) is 26.7. The normalized spacial score (nSPS) is 14.8. The van der Waals surface area contributed by atoms with Gasteiger partial charge in [0.05, 0.1) is 24.7 Å². The van der Waals surface area contributed by atoms with Gasteiger partial charge < -0.3 is 10.2 Å². The van der Waals surface area contributed by atoms with Gasteiger partial charge in [-0.2, -0.15) is 5.10 Å². The van der Waals surface area contributed by atoms with Gasteiger partial charge in [-0.25, -0.2) is 0 Å². The Morgan fingerprint density at radius 1 is 1.03 bits per heavy atom. The van der Waals surface area contributed by atoms with E-state index in [-0.39, 0.29) is 24.3 Å². The third-order valence-electron chi connectivity index (χ3n) is 6.02. The molecule has 4 rings (SSSR count). The number of hydrogen-bond acceptors (Lipinski definition) is 3. The maximum atomic E-state index is 12.9. The van der Waals surface area contributed by atoms with Gasteiger partial charge in [-0.3, -0.25) is 14.3 Å². The number of fused-ring (bicyclic) bond motifs is 1. The minimum Gasteiger partial charge on any atom is -0.352 e. The zero-order chi connectivity index (χ0) is 22.7. The summed E-state index contributed by atoms with van der Waals surface area (Å²) >= 11 is 0. The SMILES string of the molecule is CC(=O)N1C=Cc2ccccc2[C@@H]1CC(=O)NCc1c(C)nn(Cc2ccccc2)c1C. The first-order valence-electron chi connectivity index (χ1n) is 10.8. The molecule has 2 heterocycles. The summed E-state index contributed by atoms with van der Waals surface area (Å²) in [6, 6.07) is 17.8. The van der Waals surface area contributed by atoms with Gasteiger partial charge in [0.1, 0.15) is 0 Å². The molecule has 1 atom stereocenters. The second-order valence-corrected chi connectivity index (χ2v) is 8.16. The highest BCUT2D eigenvalue weighted by molar-refractivity contribution is 5.81. The van der Waals surface area contributed by atoms with E-state index in [1.165, 1.54) is 12.5 Å². The van der Waals surface area contributed by atoms with Crippen LogP contribution < -0.4 is 5.32 Å². The molecule has 0 fully saturated rings. The highest BCUT2D eigenvalue weighted by Gasteiger charge is 2.28. The monoisotopic (exact) mass is 428 g/mol. The van der Waals surface area contributed by atoms with Crippen LogP contribution in [0.1, 0.15) is 53.0 Å². The fraction of sp³-hybridized carbons (Fsp3) is 0.269. The van der Waals surface area contributed by atoms with Gasteiger partial charge in [0, 0.05) is 30.9 Å². The van der Waals surface area contributed by atoms with E-state index in [2.05, 4.69) is 22.5 Å². The van der Waals surface area contributed by atoms with Crippen molar-refractivity contribution in [3.8, 4) is 0 Å². The van der Waals surface area contributed by atoms with E-state index < -0.39 is 0 Å². The largest absolute Gasteiger partial charge is 0.352 e. The van der Waals surface area contributed by atoms with Gasteiger partial charge in [0.2, 0.25) is 11.8 Å². The molecule has 1 aliphatic heterocycles. The summed E-state index contributed by atoms with van der Waals surface area (Å²) in [5, 5.41) is 7.71. The number of rotatable bonds is 6. The number of aryl methyl sites for hydroxylation is 1. The van der Waals surface area contributed by atoms with E-state index in [0.717, 1.165) is 28.1 Å². The highest BCUT2D eigenvalue weighted by atomic mass is 16.2. The lowest BCUT2D eigenvalue weighted by Gasteiger charge is -2.32. The number of nitrogens with one attached hydrogen (secondary N) is 1. The van der Waals surface area contributed by atoms with Crippen molar-refractivity contribution in [2.75, 3.05) is 0 Å².